The topological polar surface area (TPSA) is 63.5 Å². The number of halogens is 1. The molecule has 0 spiro atoms. The molecule has 0 fully saturated rings. The maximum atomic E-state index is 13.9. The molecule has 0 aliphatic carbocycles. The van der Waals surface area contributed by atoms with Crippen molar-refractivity contribution in [2.75, 3.05) is 5.32 Å². The van der Waals surface area contributed by atoms with Gasteiger partial charge in [0.15, 0.2) is 0 Å². The van der Waals surface area contributed by atoms with E-state index in [-0.39, 0.29) is 11.1 Å². The van der Waals surface area contributed by atoms with Gasteiger partial charge >= 0.3 is 0 Å². The maximum absolute atomic E-state index is 13.9. The van der Waals surface area contributed by atoms with Crippen LogP contribution < -0.4 is 10.9 Å². The molecule has 0 unspecified atom stereocenters. The molecule has 1 N–H and O–H groups in total. The van der Waals surface area contributed by atoms with E-state index in [1.165, 1.54) is 40.4 Å². The minimum absolute atomic E-state index is 0.0168. The van der Waals surface area contributed by atoms with Crippen LogP contribution >= 0.6 is 11.8 Å². The van der Waals surface area contributed by atoms with Gasteiger partial charge in [0.2, 0.25) is 0 Å². The molecule has 0 atom stereocenters. The molecule has 0 aliphatic heterocycles. The second-order valence-corrected chi connectivity index (χ2v) is 7.76. The van der Waals surface area contributed by atoms with Crippen LogP contribution in [0, 0.1) is 12.7 Å². The number of hydrogen-bond donors (Lipinski definition) is 1. The third-order valence-electron chi connectivity index (χ3n) is 4.49. The number of hydrogen-bond acceptors (Lipinski definition) is 4. The van der Waals surface area contributed by atoms with Gasteiger partial charge in [-0.1, -0.05) is 30.3 Å². The largest absolute Gasteiger partial charge is 0.321 e. The van der Waals surface area contributed by atoms with Crippen molar-refractivity contribution in [1.29, 1.82) is 0 Å². The molecular formula is C23H18FN3O2S. The normalized spacial score (nSPS) is 10.9. The third-order valence-corrected chi connectivity index (χ3v) is 5.60. The molecule has 30 heavy (non-hydrogen) atoms. The number of aryl methyl sites for hydroxylation is 1. The average molecular weight is 419 g/mol. The number of carbonyl (C=O) groups excluding carboxylic acids is 1. The van der Waals surface area contributed by atoms with Gasteiger partial charge in [0.05, 0.1) is 16.9 Å². The molecule has 0 aliphatic rings. The molecule has 0 bridgehead atoms. The molecule has 7 heteroatoms. The molecule has 0 saturated carbocycles. The Morgan fingerprint density at radius 2 is 1.87 bits per heavy atom. The zero-order valence-electron chi connectivity index (χ0n) is 16.1. The molecule has 150 valence electrons. The summed E-state index contributed by atoms with van der Waals surface area (Å²) in [6.45, 7) is 1.92. The Morgan fingerprint density at radius 3 is 2.70 bits per heavy atom. The standard InChI is InChI=1S/C23H18FN3O2S/c1-15-10-11-21-25-16(12-22(28)27(21)13-15)14-30-20-9-5-4-8-19(20)26-23(29)17-6-2-3-7-18(17)24/h2-13H,14H2,1H3,(H,26,29). The lowest BCUT2D eigenvalue weighted by molar-refractivity contribution is 0.102. The van der Waals surface area contributed by atoms with Crippen LogP contribution in [-0.2, 0) is 5.75 Å². The molecule has 0 saturated heterocycles. The minimum Gasteiger partial charge on any atom is -0.321 e. The van der Waals surface area contributed by atoms with E-state index in [0.29, 0.717) is 22.8 Å². The van der Waals surface area contributed by atoms with E-state index in [0.717, 1.165) is 10.5 Å². The van der Waals surface area contributed by atoms with Crippen molar-refractivity contribution in [2.24, 2.45) is 0 Å². The Kier molecular flexibility index (Phi) is 5.63. The van der Waals surface area contributed by atoms with Crippen molar-refractivity contribution in [3.63, 3.8) is 0 Å². The predicted octanol–water partition coefficient (Wildman–Crippen LogP) is 4.69. The maximum Gasteiger partial charge on any atom is 0.258 e. The highest BCUT2D eigenvalue weighted by Gasteiger charge is 2.13. The first kappa shape index (κ1) is 19.8. The van der Waals surface area contributed by atoms with Gasteiger partial charge in [-0.2, -0.15) is 0 Å². The van der Waals surface area contributed by atoms with Crippen LogP contribution in [0.1, 0.15) is 21.6 Å². The van der Waals surface area contributed by atoms with Crippen molar-refractivity contribution >= 4 is 29.0 Å². The van der Waals surface area contributed by atoms with Crippen LogP contribution in [0.3, 0.4) is 0 Å². The molecular weight excluding hydrogens is 401 g/mol. The third kappa shape index (κ3) is 4.26. The van der Waals surface area contributed by atoms with E-state index in [9.17, 15) is 14.0 Å². The Balaban J connectivity index is 1.54. The van der Waals surface area contributed by atoms with E-state index in [1.807, 2.05) is 31.2 Å². The van der Waals surface area contributed by atoms with Crippen LogP contribution in [0.5, 0.6) is 0 Å². The zero-order valence-corrected chi connectivity index (χ0v) is 16.9. The van der Waals surface area contributed by atoms with E-state index >= 15 is 0 Å². The van der Waals surface area contributed by atoms with Crippen molar-refractivity contribution in [3.8, 4) is 0 Å². The van der Waals surface area contributed by atoms with Gasteiger partial charge in [0.25, 0.3) is 11.5 Å². The fourth-order valence-corrected chi connectivity index (χ4v) is 3.92. The van der Waals surface area contributed by atoms with Crippen LogP contribution in [0.4, 0.5) is 10.1 Å². The fourth-order valence-electron chi connectivity index (χ4n) is 3.01. The number of nitrogens with zero attached hydrogens (tertiary/aromatic N) is 2. The van der Waals surface area contributed by atoms with Crippen LogP contribution in [-0.4, -0.2) is 15.3 Å². The van der Waals surface area contributed by atoms with Crippen molar-refractivity contribution < 1.29 is 9.18 Å². The Labute approximate surface area is 176 Å². The second-order valence-electron chi connectivity index (χ2n) is 6.74. The van der Waals surface area contributed by atoms with Gasteiger partial charge in [0.1, 0.15) is 11.5 Å². The lowest BCUT2D eigenvalue weighted by atomic mass is 10.2. The van der Waals surface area contributed by atoms with Gasteiger partial charge in [-0.15, -0.1) is 11.8 Å². The number of para-hydroxylation sites is 1. The van der Waals surface area contributed by atoms with Crippen LogP contribution in [0.2, 0.25) is 0 Å². The summed E-state index contributed by atoms with van der Waals surface area (Å²) in [5.74, 6) is -0.638. The second kappa shape index (κ2) is 8.51. The number of benzene rings is 2. The lowest BCUT2D eigenvalue weighted by Gasteiger charge is -2.11. The first-order valence-corrected chi connectivity index (χ1v) is 10.3. The van der Waals surface area contributed by atoms with E-state index in [4.69, 9.17) is 0 Å². The van der Waals surface area contributed by atoms with E-state index in [2.05, 4.69) is 10.3 Å². The van der Waals surface area contributed by atoms with Crippen molar-refractivity contribution in [3.05, 3.63) is 106 Å². The SMILES string of the molecule is Cc1ccc2nc(CSc3ccccc3NC(=O)c3ccccc3F)cc(=O)n2c1. The molecule has 0 radical (unpaired) electrons. The predicted molar refractivity (Wildman–Crippen MR) is 117 cm³/mol. The summed E-state index contributed by atoms with van der Waals surface area (Å²) in [7, 11) is 0. The number of aromatic nitrogens is 2. The molecule has 2 aromatic heterocycles. The number of nitrogens with one attached hydrogen (secondary N) is 1. The van der Waals surface area contributed by atoms with E-state index < -0.39 is 11.7 Å². The Bertz CT molecular complexity index is 1300. The smallest absolute Gasteiger partial charge is 0.258 e. The van der Waals surface area contributed by atoms with Crippen molar-refractivity contribution in [2.45, 2.75) is 17.6 Å². The zero-order chi connectivity index (χ0) is 21.1. The summed E-state index contributed by atoms with van der Waals surface area (Å²) in [5, 5.41) is 2.77. The van der Waals surface area contributed by atoms with Crippen LogP contribution in [0.15, 0.2) is 82.6 Å². The summed E-state index contributed by atoms with van der Waals surface area (Å²) in [6.07, 6.45) is 1.76. The number of pyridine rings is 1. The molecule has 1 amide bonds. The fraction of sp³-hybridized carbons (Fsp3) is 0.0870. The number of carbonyl (C=O) groups is 1. The summed E-state index contributed by atoms with van der Waals surface area (Å²) >= 11 is 1.44. The summed E-state index contributed by atoms with van der Waals surface area (Å²) in [6, 6.07) is 18.3. The average Bonchev–Trinajstić information content (AvgIpc) is 2.74. The highest BCUT2D eigenvalue weighted by Crippen LogP contribution is 2.29. The van der Waals surface area contributed by atoms with Gasteiger partial charge in [-0.3, -0.25) is 14.0 Å². The van der Waals surface area contributed by atoms with Gasteiger partial charge in [-0.05, 0) is 42.8 Å². The summed E-state index contributed by atoms with van der Waals surface area (Å²) in [4.78, 5) is 30.2. The molecule has 2 aromatic carbocycles. The van der Waals surface area contributed by atoms with Gasteiger partial charge in [0, 0.05) is 22.9 Å². The Morgan fingerprint density at radius 1 is 1.10 bits per heavy atom. The summed E-state index contributed by atoms with van der Waals surface area (Å²) in [5.41, 5.74) is 2.63. The van der Waals surface area contributed by atoms with Gasteiger partial charge in [-0.25, -0.2) is 9.37 Å². The summed E-state index contributed by atoms with van der Waals surface area (Å²) < 4.78 is 15.4. The number of thioether (sulfide) groups is 1. The van der Waals surface area contributed by atoms with Crippen LogP contribution in [0.25, 0.3) is 5.65 Å². The molecule has 5 nitrogen and oxygen atoms in total. The Hall–Kier alpha value is -3.45. The quantitative estimate of drug-likeness (QED) is 0.477. The molecule has 2 heterocycles. The molecule has 4 rings (SSSR count). The minimum atomic E-state index is -0.573. The lowest BCUT2D eigenvalue weighted by Crippen LogP contribution is -2.15. The number of rotatable bonds is 5. The highest BCUT2D eigenvalue weighted by molar-refractivity contribution is 7.98. The monoisotopic (exact) mass is 419 g/mol. The number of amides is 1. The molecule has 4 aromatic rings. The van der Waals surface area contributed by atoms with E-state index in [1.54, 1.807) is 24.4 Å². The van der Waals surface area contributed by atoms with Crippen molar-refractivity contribution in [1.82, 2.24) is 9.38 Å². The number of fused-ring (bicyclic) bond motifs is 1. The number of anilines is 1. The first-order chi connectivity index (χ1) is 14.5. The van der Waals surface area contributed by atoms with Gasteiger partial charge < -0.3 is 5.32 Å². The highest BCUT2D eigenvalue weighted by atomic mass is 32.2. The first-order valence-electron chi connectivity index (χ1n) is 9.28.